The van der Waals surface area contributed by atoms with Gasteiger partial charge in [0.1, 0.15) is 0 Å². The summed E-state index contributed by atoms with van der Waals surface area (Å²) in [6.45, 7) is 0. The van der Waals surface area contributed by atoms with Crippen molar-refractivity contribution in [2.45, 2.75) is 6.42 Å². The maximum atomic E-state index is 11.2. The normalized spacial score (nSPS) is 10.1. The molecule has 0 spiro atoms. The molecule has 17 heavy (non-hydrogen) atoms. The fourth-order valence-corrected chi connectivity index (χ4v) is 1.52. The molecule has 0 bridgehead atoms. The minimum absolute atomic E-state index is 0.0371. The Bertz CT molecular complexity index is 538. The van der Waals surface area contributed by atoms with E-state index in [2.05, 4.69) is 9.97 Å². The molecule has 0 fully saturated rings. The predicted molar refractivity (Wildman–Crippen MR) is 61.5 cm³/mol. The van der Waals surface area contributed by atoms with E-state index >= 15 is 0 Å². The van der Waals surface area contributed by atoms with Gasteiger partial charge in [-0.25, -0.2) is 4.98 Å². The molecule has 0 aliphatic carbocycles. The zero-order chi connectivity index (χ0) is 12.3. The molecule has 0 unspecified atom stereocenters. The number of amides is 1. The monoisotopic (exact) mass is 229 g/mol. The maximum absolute atomic E-state index is 11.2. The summed E-state index contributed by atoms with van der Waals surface area (Å²) >= 11 is 0. The molecule has 5 nitrogen and oxygen atoms in total. The highest BCUT2D eigenvalue weighted by atomic mass is 16.3. The Kier molecular flexibility index (Phi) is 3.00. The Morgan fingerprint density at radius 3 is 2.76 bits per heavy atom. The van der Waals surface area contributed by atoms with Crippen LogP contribution in [0.3, 0.4) is 0 Å². The second-order valence-electron chi connectivity index (χ2n) is 3.56. The van der Waals surface area contributed by atoms with Crippen molar-refractivity contribution in [2.75, 3.05) is 0 Å². The largest absolute Gasteiger partial charge is 0.493 e. The van der Waals surface area contributed by atoms with Crippen molar-refractivity contribution in [1.82, 2.24) is 9.97 Å². The summed E-state index contributed by atoms with van der Waals surface area (Å²) in [5.41, 5.74) is 7.12. The highest BCUT2D eigenvalue weighted by Crippen LogP contribution is 2.12. The standard InChI is InChI=1S/C12H11N3O2/c13-12(17)9-2-1-5-14-10(9)6-8-3-4-11(16)15-7-8/h1-5,7H,6H2,(H2,13,17)(H,15,16). The van der Waals surface area contributed by atoms with Crippen LogP contribution in [0.25, 0.3) is 0 Å². The Morgan fingerprint density at radius 1 is 1.29 bits per heavy atom. The van der Waals surface area contributed by atoms with Crippen LogP contribution < -0.4 is 5.73 Å². The van der Waals surface area contributed by atoms with E-state index in [1.165, 1.54) is 12.3 Å². The first-order valence-electron chi connectivity index (χ1n) is 5.04. The van der Waals surface area contributed by atoms with Crippen LogP contribution in [0.2, 0.25) is 0 Å². The number of nitrogens with two attached hydrogens (primary N) is 1. The number of nitrogens with zero attached hydrogens (tertiary/aromatic N) is 2. The van der Waals surface area contributed by atoms with Gasteiger partial charge in [0.05, 0.1) is 11.3 Å². The molecule has 0 aromatic carbocycles. The second kappa shape index (κ2) is 4.61. The molecule has 3 N–H and O–H groups in total. The Hall–Kier alpha value is -2.43. The Labute approximate surface area is 98.0 Å². The molecule has 0 saturated carbocycles. The molecule has 2 rings (SSSR count). The van der Waals surface area contributed by atoms with Gasteiger partial charge in [-0.05, 0) is 17.7 Å². The zero-order valence-electron chi connectivity index (χ0n) is 9.00. The molecule has 0 saturated heterocycles. The summed E-state index contributed by atoms with van der Waals surface area (Å²) in [5.74, 6) is -0.537. The summed E-state index contributed by atoms with van der Waals surface area (Å²) in [4.78, 5) is 19.1. The third-order valence-electron chi connectivity index (χ3n) is 2.34. The molecular weight excluding hydrogens is 218 g/mol. The Balaban J connectivity index is 2.30. The van der Waals surface area contributed by atoms with Gasteiger partial charge in [-0.3, -0.25) is 9.78 Å². The van der Waals surface area contributed by atoms with Crippen molar-refractivity contribution in [3.05, 3.63) is 53.5 Å². The first-order chi connectivity index (χ1) is 8.16. The average molecular weight is 229 g/mol. The van der Waals surface area contributed by atoms with Gasteiger partial charge in [0.2, 0.25) is 5.88 Å². The molecule has 0 aliphatic rings. The number of pyridine rings is 2. The van der Waals surface area contributed by atoms with Gasteiger partial charge in [-0.15, -0.1) is 0 Å². The minimum Gasteiger partial charge on any atom is -0.493 e. The van der Waals surface area contributed by atoms with Crippen molar-refractivity contribution in [3.63, 3.8) is 0 Å². The van der Waals surface area contributed by atoms with Crippen molar-refractivity contribution < 1.29 is 9.90 Å². The molecule has 0 radical (unpaired) electrons. The quantitative estimate of drug-likeness (QED) is 0.817. The van der Waals surface area contributed by atoms with Crippen LogP contribution in [0.1, 0.15) is 21.6 Å². The molecule has 2 aromatic rings. The summed E-state index contributed by atoms with van der Waals surface area (Å²) in [6, 6.07) is 6.52. The van der Waals surface area contributed by atoms with E-state index in [0.717, 1.165) is 5.56 Å². The summed E-state index contributed by atoms with van der Waals surface area (Å²) < 4.78 is 0. The predicted octanol–water partition coefficient (Wildman–Crippen LogP) is 0.872. The first-order valence-corrected chi connectivity index (χ1v) is 5.04. The van der Waals surface area contributed by atoms with E-state index < -0.39 is 5.91 Å². The van der Waals surface area contributed by atoms with Crippen molar-refractivity contribution >= 4 is 5.91 Å². The molecule has 1 amide bonds. The fourth-order valence-electron chi connectivity index (χ4n) is 1.52. The fraction of sp³-hybridized carbons (Fsp3) is 0.0833. The lowest BCUT2D eigenvalue weighted by Gasteiger charge is -2.05. The maximum Gasteiger partial charge on any atom is 0.250 e. The molecule has 2 heterocycles. The third kappa shape index (κ3) is 2.57. The molecule has 86 valence electrons. The molecule has 5 heteroatoms. The van der Waals surface area contributed by atoms with E-state index in [4.69, 9.17) is 10.8 Å². The van der Waals surface area contributed by atoms with Crippen LogP contribution in [0.4, 0.5) is 0 Å². The third-order valence-corrected chi connectivity index (χ3v) is 2.34. The van der Waals surface area contributed by atoms with E-state index in [1.54, 1.807) is 24.4 Å². The SMILES string of the molecule is NC(=O)c1cccnc1Cc1ccc(O)nc1. The van der Waals surface area contributed by atoms with E-state index in [9.17, 15) is 4.79 Å². The van der Waals surface area contributed by atoms with Gasteiger partial charge < -0.3 is 10.8 Å². The number of aromatic nitrogens is 2. The lowest BCUT2D eigenvalue weighted by Crippen LogP contribution is -2.14. The highest BCUT2D eigenvalue weighted by Gasteiger charge is 2.09. The summed E-state index contributed by atoms with van der Waals surface area (Å²) in [7, 11) is 0. The van der Waals surface area contributed by atoms with Crippen molar-refractivity contribution in [3.8, 4) is 5.88 Å². The number of hydrogen-bond donors (Lipinski definition) is 2. The van der Waals surface area contributed by atoms with Crippen molar-refractivity contribution in [1.29, 1.82) is 0 Å². The molecule has 0 atom stereocenters. The smallest absolute Gasteiger partial charge is 0.250 e. The molecule has 0 aliphatic heterocycles. The molecular formula is C12H11N3O2. The number of hydrogen-bond acceptors (Lipinski definition) is 4. The lowest BCUT2D eigenvalue weighted by atomic mass is 10.1. The number of carbonyl (C=O) groups is 1. The average Bonchev–Trinajstić information content (AvgIpc) is 2.32. The van der Waals surface area contributed by atoms with Crippen LogP contribution in [-0.2, 0) is 6.42 Å². The first kappa shape index (κ1) is 11.1. The topological polar surface area (TPSA) is 89.1 Å². The van der Waals surface area contributed by atoms with Gasteiger partial charge in [0.15, 0.2) is 0 Å². The zero-order valence-corrected chi connectivity index (χ0v) is 9.00. The molecule has 2 aromatic heterocycles. The van der Waals surface area contributed by atoms with Gasteiger partial charge in [0.25, 0.3) is 5.91 Å². The van der Waals surface area contributed by atoms with Crippen LogP contribution in [0.5, 0.6) is 5.88 Å². The van der Waals surface area contributed by atoms with Gasteiger partial charge in [0, 0.05) is 24.9 Å². The summed E-state index contributed by atoms with van der Waals surface area (Å²) in [6.07, 6.45) is 3.59. The minimum atomic E-state index is -0.500. The van der Waals surface area contributed by atoms with Crippen LogP contribution >= 0.6 is 0 Å². The van der Waals surface area contributed by atoms with E-state index in [-0.39, 0.29) is 5.88 Å². The number of primary amides is 1. The van der Waals surface area contributed by atoms with E-state index in [0.29, 0.717) is 17.7 Å². The number of aromatic hydroxyl groups is 1. The summed E-state index contributed by atoms with van der Waals surface area (Å²) in [5, 5.41) is 9.06. The van der Waals surface area contributed by atoms with Gasteiger partial charge in [-0.2, -0.15) is 0 Å². The number of carbonyl (C=O) groups excluding carboxylic acids is 1. The lowest BCUT2D eigenvalue weighted by molar-refractivity contribution is 0.0999. The van der Waals surface area contributed by atoms with Crippen LogP contribution in [0.15, 0.2) is 36.7 Å². The van der Waals surface area contributed by atoms with Crippen molar-refractivity contribution in [2.24, 2.45) is 5.73 Å². The van der Waals surface area contributed by atoms with Crippen LogP contribution in [-0.4, -0.2) is 21.0 Å². The van der Waals surface area contributed by atoms with Gasteiger partial charge in [-0.1, -0.05) is 6.07 Å². The van der Waals surface area contributed by atoms with Crippen LogP contribution in [0, 0.1) is 0 Å². The van der Waals surface area contributed by atoms with E-state index in [1.807, 2.05) is 0 Å². The van der Waals surface area contributed by atoms with Gasteiger partial charge >= 0.3 is 0 Å². The number of rotatable bonds is 3. The highest BCUT2D eigenvalue weighted by molar-refractivity contribution is 5.93. The second-order valence-corrected chi connectivity index (χ2v) is 3.56. The Morgan fingerprint density at radius 2 is 2.12 bits per heavy atom.